The highest BCUT2D eigenvalue weighted by atomic mass is 79.9. The minimum absolute atomic E-state index is 0.100. The number of halogens is 1. The highest BCUT2D eigenvalue weighted by Gasteiger charge is 2.05. The number of hydrogen-bond donors (Lipinski definition) is 1. The van der Waals surface area contributed by atoms with Crippen molar-refractivity contribution >= 4 is 27.5 Å². The molecule has 2 aromatic carbocycles. The summed E-state index contributed by atoms with van der Waals surface area (Å²) in [4.78, 5) is 11.9. The van der Waals surface area contributed by atoms with Crippen LogP contribution in [-0.2, 0) is 0 Å². The van der Waals surface area contributed by atoms with E-state index in [4.69, 9.17) is 0 Å². The van der Waals surface area contributed by atoms with Crippen LogP contribution in [0.4, 0.5) is 5.69 Å². The summed E-state index contributed by atoms with van der Waals surface area (Å²) >= 11 is 3.35. The first-order chi connectivity index (χ1) is 9.15. The number of aryl methyl sites for hydroxylation is 1. The third-order valence-electron chi connectivity index (χ3n) is 2.36. The van der Waals surface area contributed by atoms with Gasteiger partial charge in [-0.2, -0.15) is 0 Å². The molecule has 0 bridgehead atoms. The molecule has 0 aliphatic rings. The van der Waals surface area contributed by atoms with Gasteiger partial charge in [0.15, 0.2) is 0 Å². The minimum Gasteiger partial charge on any atom is -0.322 e. The topological polar surface area (TPSA) is 29.1 Å². The molecule has 1 N–H and O–H groups in total. The Morgan fingerprint density at radius 2 is 1.74 bits per heavy atom. The summed E-state index contributed by atoms with van der Waals surface area (Å²) in [5.41, 5.74) is 2.58. The van der Waals surface area contributed by atoms with Gasteiger partial charge >= 0.3 is 0 Å². The number of carbonyl (C=O) groups is 1. The summed E-state index contributed by atoms with van der Waals surface area (Å²) in [6, 6.07) is 15.1. The molecular formula is C16H18BrNO. The van der Waals surface area contributed by atoms with Crippen LogP contribution in [0.1, 0.15) is 29.8 Å². The zero-order chi connectivity index (χ0) is 14.3. The van der Waals surface area contributed by atoms with Gasteiger partial charge in [0.05, 0.1) is 0 Å². The number of carbonyl (C=O) groups excluding carboxylic acids is 1. The van der Waals surface area contributed by atoms with Crippen LogP contribution >= 0.6 is 15.9 Å². The zero-order valence-corrected chi connectivity index (χ0v) is 13.0. The molecule has 0 heterocycles. The summed E-state index contributed by atoms with van der Waals surface area (Å²) in [5.74, 6) is -0.100. The van der Waals surface area contributed by atoms with Crippen molar-refractivity contribution in [1.82, 2.24) is 0 Å². The average molecular weight is 320 g/mol. The number of benzene rings is 2. The van der Waals surface area contributed by atoms with Crippen molar-refractivity contribution in [3.8, 4) is 0 Å². The van der Waals surface area contributed by atoms with Crippen LogP contribution in [0, 0.1) is 6.92 Å². The van der Waals surface area contributed by atoms with E-state index in [9.17, 15) is 4.79 Å². The average Bonchev–Trinajstić information content (AvgIpc) is 2.41. The van der Waals surface area contributed by atoms with Gasteiger partial charge in [0, 0.05) is 15.7 Å². The van der Waals surface area contributed by atoms with Crippen molar-refractivity contribution in [3.05, 3.63) is 64.1 Å². The van der Waals surface area contributed by atoms with Gasteiger partial charge in [-0.25, -0.2) is 0 Å². The molecule has 0 saturated carbocycles. The van der Waals surface area contributed by atoms with Crippen LogP contribution in [0.25, 0.3) is 0 Å². The molecule has 0 atom stereocenters. The number of anilines is 1. The quantitative estimate of drug-likeness (QED) is 0.825. The van der Waals surface area contributed by atoms with Crippen molar-refractivity contribution in [2.75, 3.05) is 5.32 Å². The molecule has 0 unspecified atom stereocenters. The lowest BCUT2D eigenvalue weighted by molar-refractivity contribution is 0.102. The van der Waals surface area contributed by atoms with Crippen LogP contribution in [0.3, 0.4) is 0 Å². The number of amides is 1. The molecule has 19 heavy (non-hydrogen) atoms. The fraction of sp³-hybridized carbons (Fsp3) is 0.188. The Morgan fingerprint density at radius 3 is 2.37 bits per heavy atom. The lowest BCUT2D eigenvalue weighted by atomic mass is 10.2. The van der Waals surface area contributed by atoms with E-state index in [1.165, 1.54) is 0 Å². The summed E-state index contributed by atoms with van der Waals surface area (Å²) in [6.07, 6.45) is 0. The van der Waals surface area contributed by atoms with E-state index in [1.54, 1.807) is 12.1 Å². The van der Waals surface area contributed by atoms with Gasteiger partial charge < -0.3 is 5.32 Å². The van der Waals surface area contributed by atoms with E-state index in [-0.39, 0.29) is 5.91 Å². The van der Waals surface area contributed by atoms with E-state index in [2.05, 4.69) is 21.2 Å². The summed E-state index contributed by atoms with van der Waals surface area (Å²) in [6.45, 7) is 5.99. The number of nitrogens with one attached hydrogen (secondary N) is 1. The molecule has 0 saturated heterocycles. The molecule has 3 heteroatoms. The molecule has 2 aromatic rings. The Labute approximate surface area is 123 Å². The zero-order valence-electron chi connectivity index (χ0n) is 11.4. The standard InChI is InChI=1S/C14H12BrNO.C2H6/c1-10-4-2-7-13(8-10)16-14(17)11-5-3-6-12(15)9-11;1-2/h2-9H,1H3,(H,16,17);1-2H3. The SMILES string of the molecule is CC.Cc1cccc(NC(=O)c2cccc(Br)c2)c1. The molecule has 0 radical (unpaired) electrons. The summed E-state index contributed by atoms with van der Waals surface area (Å²) in [5, 5.41) is 2.87. The monoisotopic (exact) mass is 319 g/mol. The fourth-order valence-corrected chi connectivity index (χ4v) is 1.96. The maximum atomic E-state index is 11.9. The Bertz CT molecular complexity index is 552. The van der Waals surface area contributed by atoms with Crippen molar-refractivity contribution in [2.24, 2.45) is 0 Å². The fourth-order valence-electron chi connectivity index (χ4n) is 1.56. The van der Waals surface area contributed by atoms with Gasteiger partial charge in [0.1, 0.15) is 0 Å². The highest BCUT2D eigenvalue weighted by molar-refractivity contribution is 9.10. The second-order valence-corrected chi connectivity index (χ2v) is 4.75. The highest BCUT2D eigenvalue weighted by Crippen LogP contribution is 2.14. The molecule has 0 aromatic heterocycles. The molecule has 0 aliphatic heterocycles. The number of hydrogen-bond acceptors (Lipinski definition) is 1. The van der Waals surface area contributed by atoms with Crippen molar-refractivity contribution < 1.29 is 4.79 Å². The molecular weight excluding hydrogens is 302 g/mol. The second-order valence-electron chi connectivity index (χ2n) is 3.83. The van der Waals surface area contributed by atoms with E-state index in [0.29, 0.717) is 5.56 Å². The van der Waals surface area contributed by atoms with E-state index in [1.807, 2.05) is 57.2 Å². The first-order valence-electron chi connectivity index (χ1n) is 6.29. The van der Waals surface area contributed by atoms with Gasteiger partial charge in [-0.3, -0.25) is 4.79 Å². The number of rotatable bonds is 2. The third-order valence-corrected chi connectivity index (χ3v) is 2.86. The molecule has 2 rings (SSSR count). The summed E-state index contributed by atoms with van der Waals surface area (Å²) in [7, 11) is 0. The first-order valence-corrected chi connectivity index (χ1v) is 7.08. The Balaban J connectivity index is 0.000000861. The van der Waals surface area contributed by atoms with Gasteiger partial charge in [-0.1, -0.05) is 48.0 Å². The van der Waals surface area contributed by atoms with Gasteiger partial charge in [0.25, 0.3) is 5.91 Å². The predicted molar refractivity (Wildman–Crippen MR) is 84.6 cm³/mol. The van der Waals surface area contributed by atoms with Crippen LogP contribution in [0.15, 0.2) is 53.0 Å². The maximum absolute atomic E-state index is 11.9. The van der Waals surface area contributed by atoms with Gasteiger partial charge in [-0.15, -0.1) is 0 Å². The lowest BCUT2D eigenvalue weighted by Crippen LogP contribution is -2.11. The van der Waals surface area contributed by atoms with Gasteiger partial charge in [0.2, 0.25) is 0 Å². The molecule has 0 aliphatic carbocycles. The first kappa shape index (κ1) is 15.4. The third kappa shape index (κ3) is 4.87. The van der Waals surface area contributed by atoms with E-state index in [0.717, 1.165) is 15.7 Å². The second kappa shape index (κ2) is 7.74. The molecule has 0 fully saturated rings. The van der Waals surface area contributed by atoms with Crippen LogP contribution in [0.2, 0.25) is 0 Å². The van der Waals surface area contributed by atoms with Crippen molar-refractivity contribution in [3.63, 3.8) is 0 Å². The molecule has 100 valence electrons. The van der Waals surface area contributed by atoms with Crippen LogP contribution in [0.5, 0.6) is 0 Å². The Kier molecular flexibility index (Phi) is 6.30. The van der Waals surface area contributed by atoms with Crippen LogP contribution in [-0.4, -0.2) is 5.91 Å². The van der Waals surface area contributed by atoms with Crippen LogP contribution < -0.4 is 5.32 Å². The molecule has 2 nitrogen and oxygen atoms in total. The largest absolute Gasteiger partial charge is 0.322 e. The normalized spacial score (nSPS) is 9.26. The predicted octanol–water partition coefficient (Wildman–Crippen LogP) is 5.04. The maximum Gasteiger partial charge on any atom is 0.255 e. The minimum atomic E-state index is -0.100. The Morgan fingerprint density at radius 1 is 1.05 bits per heavy atom. The Hall–Kier alpha value is -1.61. The summed E-state index contributed by atoms with van der Waals surface area (Å²) < 4.78 is 0.898. The van der Waals surface area contributed by atoms with E-state index < -0.39 is 0 Å². The molecule has 1 amide bonds. The van der Waals surface area contributed by atoms with Crippen molar-refractivity contribution in [1.29, 1.82) is 0 Å². The van der Waals surface area contributed by atoms with E-state index >= 15 is 0 Å². The van der Waals surface area contributed by atoms with Gasteiger partial charge in [-0.05, 0) is 42.8 Å². The molecule has 0 spiro atoms. The smallest absolute Gasteiger partial charge is 0.255 e. The lowest BCUT2D eigenvalue weighted by Gasteiger charge is -2.06. The van der Waals surface area contributed by atoms with Crippen molar-refractivity contribution in [2.45, 2.75) is 20.8 Å².